The van der Waals surface area contributed by atoms with E-state index in [2.05, 4.69) is 0 Å². The fourth-order valence-corrected chi connectivity index (χ4v) is 5.94. The van der Waals surface area contributed by atoms with Gasteiger partial charge in [-0.2, -0.15) is 0 Å². The maximum atomic E-state index is 12.3. The van der Waals surface area contributed by atoms with Gasteiger partial charge in [0.1, 0.15) is 0 Å². The SMILES string of the molecule is CC1=CC(=O)C2CC(C)=C3C(CCS3(=O)=O)C2C1=O. The molecule has 102 valence electrons. The summed E-state index contributed by atoms with van der Waals surface area (Å²) in [6.45, 7) is 3.43. The highest BCUT2D eigenvalue weighted by Gasteiger charge is 2.51. The minimum atomic E-state index is -3.21. The van der Waals surface area contributed by atoms with E-state index < -0.39 is 15.8 Å². The van der Waals surface area contributed by atoms with Gasteiger partial charge < -0.3 is 0 Å². The predicted molar refractivity (Wildman–Crippen MR) is 70.0 cm³/mol. The normalized spacial score (nSPS) is 36.9. The molecule has 1 heterocycles. The van der Waals surface area contributed by atoms with Crippen molar-refractivity contribution in [3.8, 4) is 0 Å². The Balaban J connectivity index is 2.16. The van der Waals surface area contributed by atoms with Crippen molar-refractivity contribution in [3.05, 3.63) is 22.1 Å². The number of Topliss-reactive ketones (excluding diaryl/α,β-unsaturated/α-hetero) is 1. The van der Waals surface area contributed by atoms with Crippen LogP contribution in [0.2, 0.25) is 0 Å². The molecule has 0 aromatic carbocycles. The number of hydrogen-bond acceptors (Lipinski definition) is 4. The van der Waals surface area contributed by atoms with E-state index in [1.165, 1.54) is 6.08 Å². The van der Waals surface area contributed by atoms with Gasteiger partial charge in [-0.1, -0.05) is 5.57 Å². The van der Waals surface area contributed by atoms with Crippen molar-refractivity contribution < 1.29 is 18.0 Å². The van der Waals surface area contributed by atoms with E-state index in [9.17, 15) is 18.0 Å². The topological polar surface area (TPSA) is 68.3 Å². The van der Waals surface area contributed by atoms with Crippen LogP contribution in [0.1, 0.15) is 26.7 Å². The summed E-state index contributed by atoms with van der Waals surface area (Å²) in [4.78, 5) is 24.9. The van der Waals surface area contributed by atoms with Crippen LogP contribution in [-0.2, 0) is 19.4 Å². The fourth-order valence-electron chi connectivity index (χ4n) is 3.81. The van der Waals surface area contributed by atoms with Gasteiger partial charge in [-0.15, -0.1) is 0 Å². The smallest absolute Gasteiger partial charge is 0.174 e. The Hall–Kier alpha value is -1.23. The van der Waals surface area contributed by atoms with Gasteiger partial charge in [-0.3, -0.25) is 9.59 Å². The first kappa shape index (κ1) is 12.8. The Morgan fingerprint density at radius 3 is 2.53 bits per heavy atom. The van der Waals surface area contributed by atoms with Gasteiger partial charge in [-0.25, -0.2) is 8.42 Å². The van der Waals surface area contributed by atoms with Crippen LogP contribution < -0.4 is 0 Å². The number of sulfone groups is 1. The maximum Gasteiger partial charge on any atom is 0.174 e. The third-order valence-electron chi connectivity index (χ3n) is 4.60. The summed E-state index contributed by atoms with van der Waals surface area (Å²) >= 11 is 0. The van der Waals surface area contributed by atoms with Gasteiger partial charge in [-0.05, 0) is 38.3 Å². The quantitative estimate of drug-likeness (QED) is 0.673. The number of allylic oxidation sites excluding steroid dienone is 4. The lowest BCUT2D eigenvalue weighted by Gasteiger charge is -2.37. The van der Waals surface area contributed by atoms with E-state index in [0.29, 0.717) is 23.3 Å². The molecule has 0 saturated carbocycles. The van der Waals surface area contributed by atoms with Gasteiger partial charge in [0, 0.05) is 22.7 Å². The molecule has 1 aliphatic heterocycles. The summed E-state index contributed by atoms with van der Waals surface area (Å²) in [7, 11) is -3.21. The van der Waals surface area contributed by atoms with Crippen LogP contribution in [0.5, 0.6) is 0 Å². The number of rotatable bonds is 0. The molecule has 5 heteroatoms. The molecular formula is C14H16O4S. The molecule has 3 rings (SSSR count). The Bertz CT molecular complexity index is 651. The molecule has 0 spiro atoms. The molecule has 0 N–H and O–H groups in total. The lowest BCUT2D eigenvalue weighted by atomic mass is 9.65. The zero-order valence-electron chi connectivity index (χ0n) is 11.0. The Kier molecular flexibility index (Phi) is 2.61. The van der Waals surface area contributed by atoms with Crippen molar-refractivity contribution in [2.75, 3.05) is 5.75 Å². The Morgan fingerprint density at radius 1 is 1.16 bits per heavy atom. The van der Waals surface area contributed by atoms with Crippen LogP contribution in [0.3, 0.4) is 0 Å². The van der Waals surface area contributed by atoms with E-state index in [0.717, 1.165) is 5.57 Å². The number of carbonyl (C=O) groups excluding carboxylic acids is 2. The third kappa shape index (κ3) is 1.67. The van der Waals surface area contributed by atoms with E-state index in [-0.39, 0.29) is 29.2 Å². The summed E-state index contributed by atoms with van der Waals surface area (Å²) in [6.07, 6.45) is 2.30. The first-order valence-electron chi connectivity index (χ1n) is 6.51. The molecule has 3 unspecified atom stereocenters. The first-order valence-corrected chi connectivity index (χ1v) is 8.17. The summed E-state index contributed by atoms with van der Waals surface area (Å²) in [5, 5.41) is 0. The summed E-state index contributed by atoms with van der Waals surface area (Å²) < 4.78 is 24.2. The number of ketones is 2. The molecule has 3 atom stereocenters. The standard InChI is InChI=1S/C14H16O4S/c1-7-6-11(15)10-5-8(2)14-9(12(10)13(7)16)3-4-19(14,17)18/h6,9-10,12H,3-5H2,1-2H3. The largest absolute Gasteiger partial charge is 0.294 e. The van der Waals surface area contributed by atoms with Crippen LogP contribution in [-0.4, -0.2) is 25.7 Å². The Morgan fingerprint density at radius 2 is 1.84 bits per heavy atom. The molecule has 1 saturated heterocycles. The van der Waals surface area contributed by atoms with E-state index >= 15 is 0 Å². The minimum absolute atomic E-state index is 0.0233. The van der Waals surface area contributed by atoms with Crippen LogP contribution in [0.4, 0.5) is 0 Å². The molecule has 3 aliphatic rings. The van der Waals surface area contributed by atoms with Gasteiger partial charge in [0.2, 0.25) is 0 Å². The highest BCUT2D eigenvalue weighted by Crippen LogP contribution is 2.49. The van der Waals surface area contributed by atoms with E-state index in [4.69, 9.17) is 0 Å². The van der Waals surface area contributed by atoms with Crippen molar-refractivity contribution in [1.29, 1.82) is 0 Å². The van der Waals surface area contributed by atoms with Crippen molar-refractivity contribution in [3.63, 3.8) is 0 Å². The van der Waals surface area contributed by atoms with Crippen molar-refractivity contribution in [2.45, 2.75) is 26.7 Å². The van der Waals surface area contributed by atoms with Crippen LogP contribution in [0.15, 0.2) is 22.1 Å². The molecule has 0 radical (unpaired) electrons. The molecule has 0 aromatic rings. The average molecular weight is 280 g/mol. The monoisotopic (exact) mass is 280 g/mol. The van der Waals surface area contributed by atoms with Crippen molar-refractivity contribution >= 4 is 21.4 Å². The fraction of sp³-hybridized carbons (Fsp3) is 0.571. The van der Waals surface area contributed by atoms with Crippen LogP contribution in [0, 0.1) is 17.8 Å². The molecule has 19 heavy (non-hydrogen) atoms. The molecule has 0 bridgehead atoms. The highest BCUT2D eigenvalue weighted by atomic mass is 32.2. The summed E-state index contributed by atoms with van der Waals surface area (Å²) in [5.74, 6) is -1.03. The predicted octanol–water partition coefficient (Wildman–Crippen LogP) is 1.43. The average Bonchev–Trinajstić information content (AvgIpc) is 2.63. The number of hydrogen-bond donors (Lipinski definition) is 0. The summed E-state index contributed by atoms with van der Waals surface area (Å²) in [5.41, 5.74) is 1.24. The summed E-state index contributed by atoms with van der Waals surface area (Å²) in [6, 6.07) is 0. The van der Waals surface area contributed by atoms with Crippen molar-refractivity contribution in [1.82, 2.24) is 0 Å². The van der Waals surface area contributed by atoms with E-state index in [1.807, 2.05) is 0 Å². The van der Waals surface area contributed by atoms with Gasteiger partial charge in [0.25, 0.3) is 0 Å². The molecule has 2 aliphatic carbocycles. The zero-order valence-corrected chi connectivity index (χ0v) is 11.8. The maximum absolute atomic E-state index is 12.3. The van der Waals surface area contributed by atoms with E-state index in [1.54, 1.807) is 13.8 Å². The minimum Gasteiger partial charge on any atom is -0.294 e. The lowest BCUT2D eigenvalue weighted by molar-refractivity contribution is -0.131. The van der Waals surface area contributed by atoms with Gasteiger partial charge in [0.15, 0.2) is 21.4 Å². The van der Waals surface area contributed by atoms with Crippen LogP contribution in [0.25, 0.3) is 0 Å². The Labute approximate surface area is 112 Å². The molecule has 0 aromatic heterocycles. The molecule has 1 fully saturated rings. The number of fused-ring (bicyclic) bond motifs is 3. The molecular weight excluding hydrogens is 264 g/mol. The highest BCUT2D eigenvalue weighted by molar-refractivity contribution is 7.95. The zero-order chi connectivity index (χ0) is 13.9. The third-order valence-corrected chi connectivity index (χ3v) is 6.69. The number of carbonyl (C=O) groups is 2. The molecule has 0 amide bonds. The first-order chi connectivity index (χ1) is 8.83. The molecule has 4 nitrogen and oxygen atoms in total. The van der Waals surface area contributed by atoms with Gasteiger partial charge in [0.05, 0.1) is 5.75 Å². The second kappa shape index (κ2) is 3.88. The van der Waals surface area contributed by atoms with Gasteiger partial charge >= 0.3 is 0 Å². The second-order valence-electron chi connectivity index (χ2n) is 5.79. The van der Waals surface area contributed by atoms with Crippen LogP contribution >= 0.6 is 0 Å². The lowest BCUT2D eigenvalue weighted by Crippen LogP contribution is -2.41. The van der Waals surface area contributed by atoms with Crippen molar-refractivity contribution in [2.24, 2.45) is 17.8 Å². The second-order valence-corrected chi connectivity index (χ2v) is 7.87.